The third kappa shape index (κ3) is 51.1. The minimum absolute atomic E-state index is 0.0474. The summed E-state index contributed by atoms with van der Waals surface area (Å²) in [5, 5.41) is 13.9. The van der Waals surface area contributed by atoms with E-state index in [0.29, 0.717) is 17.4 Å². The summed E-state index contributed by atoms with van der Waals surface area (Å²) in [6.45, 7) is 4.66. The fourth-order valence-corrected chi connectivity index (χ4v) is 8.01. The average Bonchev–Trinajstić information content (AvgIpc) is 3.29. The molecule has 0 bridgehead atoms. The topological polar surface area (TPSA) is 105 Å². The minimum Gasteiger partial charge on any atom is -0.387 e. The molecule has 8 nitrogen and oxygen atoms in total. The number of carbonyl (C=O) groups excluding carboxylic acids is 1. The second-order valence-corrected chi connectivity index (χ2v) is 20.7. The molecule has 3 N–H and O–H groups in total. The van der Waals surface area contributed by atoms with Gasteiger partial charge in [0, 0.05) is 6.42 Å². The summed E-state index contributed by atoms with van der Waals surface area (Å²) in [6, 6.07) is -0.880. The Morgan fingerprint density at radius 1 is 0.522 bits per heavy atom. The molecule has 0 aliphatic rings. The molecule has 0 aliphatic heterocycles. The van der Waals surface area contributed by atoms with Gasteiger partial charge in [-0.25, -0.2) is 4.57 Å². The van der Waals surface area contributed by atoms with Crippen molar-refractivity contribution >= 4 is 13.7 Å². The first-order valence-electron chi connectivity index (χ1n) is 27.1. The van der Waals surface area contributed by atoms with Crippen molar-refractivity contribution in [3.05, 3.63) is 97.2 Å². The highest BCUT2D eigenvalue weighted by molar-refractivity contribution is 7.47. The molecule has 0 aromatic heterocycles. The molecule has 0 aromatic carbocycles. The Kier molecular flexibility index (Phi) is 46.6. The van der Waals surface area contributed by atoms with Crippen molar-refractivity contribution in [2.75, 3.05) is 40.9 Å². The van der Waals surface area contributed by atoms with E-state index in [0.717, 1.165) is 83.5 Å². The van der Waals surface area contributed by atoms with Crippen molar-refractivity contribution in [2.45, 2.75) is 225 Å². The number of hydrogen-bond donors (Lipinski definition) is 3. The van der Waals surface area contributed by atoms with Crippen LogP contribution in [0.2, 0.25) is 0 Å². The van der Waals surface area contributed by atoms with E-state index >= 15 is 0 Å². The summed E-state index contributed by atoms with van der Waals surface area (Å²) in [5.41, 5.74) is 0. The summed E-state index contributed by atoms with van der Waals surface area (Å²) < 4.78 is 23.6. The van der Waals surface area contributed by atoms with Gasteiger partial charge >= 0.3 is 7.82 Å². The molecule has 0 rings (SSSR count). The molecule has 67 heavy (non-hydrogen) atoms. The molecule has 3 atom stereocenters. The lowest BCUT2D eigenvalue weighted by Gasteiger charge is -2.25. The van der Waals surface area contributed by atoms with Crippen LogP contribution < -0.4 is 5.32 Å². The van der Waals surface area contributed by atoms with Gasteiger partial charge < -0.3 is 19.8 Å². The first-order valence-corrected chi connectivity index (χ1v) is 28.6. The molecule has 0 aliphatic carbocycles. The molecule has 0 aromatic rings. The normalized spacial score (nSPS) is 14.8. The summed E-state index contributed by atoms with van der Waals surface area (Å²) in [4.78, 5) is 23.3. The molecule has 0 spiro atoms. The number of aliphatic hydroxyl groups is 1. The maximum absolute atomic E-state index is 13.0. The standard InChI is InChI=1S/C58H103N2O6P/c1-6-8-10-12-14-16-18-20-22-24-26-28-29-30-31-32-34-36-38-40-42-44-46-48-50-52-58(62)59-56(55-66-67(63,64)65-54-53-60(3,4)5)57(61)51-49-47-45-43-41-39-37-35-33-27-25-23-21-19-17-15-13-11-9-7-2/h8,10,14,16,20,22,26,28,30-31,33,35,41,43,49,51,56-57,61H,6-7,9,11-13,15,17-19,21,23-25,27,29,32,34,36-40,42,44-48,50,52-55H2,1-5H3,(H-,59,62,63,64)/p+1/b10-8-,16-14-,22-20-,28-26-,31-30-,35-33+,43-41+,51-49+. The van der Waals surface area contributed by atoms with Crippen LogP contribution in [0.4, 0.5) is 0 Å². The van der Waals surface area contributed by atoms with Gasteiger partial charge in [0.25, 0.3) is 0 Å². The highest BCUT2D eigenvalue weighted by atomic mass is 31.2. The van der Waals surface area contributed by atoms with Crippen LogP contribution in [0.5, 0.6) is 0 Å². The fraction of sp³-hybridized carbons (Fsp3) is 0.707. The lowest BCUT2D eigenvalue weighted by Crippen LogP contribution is -2.45. The van der Waals surface area contributed by atoms with Gasteiger partial charge in [-0.1, -0.05) is 214 Å². The fourth-order valence-electron chi connectivity index (χ4n) is 7.28. The number of carbonyl (C=O) groups is 1. The third-order valence-corrected chi connectivity index (χ3v) is 12.5. The predicted octanol–water partition coefficient (Wildman–Crippen LogP) is 16.3. The largest absolute Gasteiger partial charge is 0.472 e. The van der Waals surface area contributed by atoms with Crippen molar-refractivity contribution < 1.29 is 32.9 Å². The van der Waals surface area contributed by atoms with Crippen molar-refractivity contribution in [2.24, 2.45) is 0 Å². The molecule has 9 heteroatoms. The number of nitrogens with one attached hydrogen (secondary N) is 1. The van der Waals surface area contributed by atoms with Crippen LogP contribution in [0.1, 0.15) is 213 Å². The molecule has 3 unspecified atom stereocenters. The number of rotatable bonds is 48. The van der Waals surface area contributed by atoms with Crippen molar-refractivity contribution in [1.29, 1.82) is 0 Å². The number of nitrogens with zero attached hydrogens (tertiary/aromatic N) is 1. The highest BCUT2D eigenvalue weighted by Crippen LogP contribution is 2.43. The summed E-state index contributed by atoms with van der Waals surface area (Å²) in [7, 11) is 1.53. The van der Waals surface area contributed by atoms with Crippen molar-refractivity contribution in [3.8, 4) is 0 Å². The zero-order valence-corrected chi connectivity index (χ0v) is 44.8. The Hall–Kier alpha value is -2.58. The summed E-state index contributed by atoms with van der Waals surface area (Å²) in [5.74, 6) is -0.201. The molecule has 386 valence electrons. The Balaban J connectivity index is 4.36. The molecule has 0 heterocycles. The smallest absolute Gasteiger partial charge is 0.387 e. The van der Waals surface area contributed by atoms with Gasteiger partial charge in [0.1, 0.15) is 13.2 Å². The number of phosphoric ester groups is 1. The Morgan fingerprint density at radius 3 is 1.37 bits per heavy atom. The zero-order chi connectivity index (χ0) is 49.2. The first-order chi connectivity index (χ1) is 32.5. The van der Waals surface area contributed by atoms with Crippen LogP contribution in [0, 0.1) is 0 Å². The zero-order valence-electron chi connectivity index (χ0n) is 43.9. The summed E-state index contributed by atoms with van der Waals surface area (Å²) >= 11 is 0. The maximum Gasteiger partial charge on any atom is 0.472 e. The van der Waals surface area contributed by atoms with Crippen LogP contribution in [0.3, 0.4) is 0 Å². The van der Waals surface area contributed by atoms with Crippen LogP contribution in [0.25, 0.3) is 0 Å². The lowest BCUT2D eigenvalue weighted by molar-refractivity contribution is -0.870. The van der Waals surface area contributed by atoms with E-state index in [2.05, 4.69) is 104 Å². The van der Waals surface area contributed by atoms with E-state index in [1.54, 1.807) is 6.08 Å². The van der Waals surface area contributed by atoms with Gasteiger partial charge in [0.15, 0.2) is 0 Å². The quantitative estimate of drug-likeness (QED) is 0.0243. The third-order valence-electron chi connectivity index (χ3n) is 11.5. The second-order valence-electron chi connectivity index (χ2n) is 19.2. The number of phosphoric acid groups is 1. The average molecular weight is 956 g/mol. The first kappa shape index (κ1) is 64.4. The molecule has 0 radical (unpaired) electrons. The summed E-state index contributed by atoms with van der Waals surface area (Å²) in [6.07, 6.45) is 69.2. The number of unbranched alkanes of at least 4 members (excludes halogenated alkanes) is 21. The molecule has 0 saturated carbocycles. The molecule has 0 saturated heterocycles. The maximum atomic E-state index is 13.0. The predicted molar refractivity (Wildman–Crippen MR) is 290 cm³/mol. The monoisotopic (exact) mass is 956 g/mol. The Morgan fingerprint density at radius 2 is 0.910 bits per heavy atom. The van der Waals surface area contributed by atoms with Crippen LogP contribution in [0.15, 0.2) is 97.2 Å². The highest BCUT2D eigenvalue weighted by Gasteiger charge is 2.27. The lowest BCUT2D eigenvalue weighted by atomic mass is 10.1. The Labute approximate surface area is 413 Å². The van der Waals surface area contributed by atoms with Gasteiger partial charge in [0.05, 0.1) is 39.9 Å². The van der Waals surface area contributed by atoms with Crippen molar-refractivity contribution in [1.82, 2.24) is 5.32 Å². The van der Waals surface area contributed by atoms with Gasteiger partial charge in [0.2, 0.25) is 5.91 Å². The van der Waals surface area contributed by atoms with E-state index in [4.69, 9.17) is 9.05 Å². The van der Waals surface area contributed by atoms with Gasteiger partial charge in [-0.15, -0.1) is 0 Å². The minimum atomic E-state index is -4.37. The molecule has 0 fully saturated rings. The van der Waals surface area contributed by atoms with E-state index in [9.17, 15) is 19.4 Å². The molecule has 1 amide bonds. The number of amides is 1. The number of quaternary nitrogens is 1. The van der Waals surface area contributed by atoms with Crippen LogP contribution in [-0.4, -0.2) is 73.4 Å². The van der Waals surface area contributed by atoms with Gasteiger partial charge in [-0.2, -0.15) is 0 Å². The van der Waals surface area contributed by atoms with Crippen LogP contribution >= 0.6 is 7.82 Å². The second kappa shape index (κ2) is 48.4. The van der Waals surface area contributed by atoms with Gasteiger partial charge in [-0.05, 0) is 89.9 Å². The van der Waals surface area contributed by atoms with Gasteiger partial charge in [-0.3, -0.25) is 13.8 Å². The van der Waals surface area contributed by atoms with Crippen LogP contribution in [-0.2, 0) is 18.4 Å². The number of likely N-dealkylation sites (N-methyl/N-ethyl adjacent to an activating group) is 1. The number of aliphatic hydroxyl groups excluding tert-OH is 1. The SMILES string of the molecule is CC/C=C\C/C=C\C/C=C\C/C=C\C/C=C\CCCCCCCCCCCC(=O)NC(COP(=O)(O)OCC[N+](C)(C)C)C(O)/C=C/CC/C=C/CC/C=C/CCCCCCCCCCCC. The van der Waals surface area contributed by atoms with E-state index in [1.807, 2.05) is 27.2 Å². The Bertz CT molecular complexity index is 1410. The van der Waals surface area contributed by atoms with E-state index < -0.39 is 20.0 Å². The molecular formula is C58H104N2O6P+. The molecular weight excluding hydrogens is 852 g/mol. The number of hydrogen-bond acceptors (Lipinski definition) is 5. The van der Waals surface area contributed by atoms with E-state index in [-0.39, 0.29) is 19.1 Å². The van der Waals surface area contributed by atoms with E-state index in [1.165, 1.54) is 109 Å². The van der Waals surface area contributed by atoms with Crippen molar-refractivity contribution in [3.63, 3.8) is 0 Å². The number of allylic oxidation sites excluding steroid dienone is 15.